The summed E-state index contributed by atoms with van der Waals surface area (Å²) in [5.41, 5.74) is 0.483. The van der Waals surface area contributed by atoms with Crippen LogP contribution < -0.4 is 5.32 Å². The minimum atomic E-state index is -0.162. The molecule has 1 amide bonds. The second-order valence-corrected chi connectivity index (χ2v) is 4.73. The number of amides is 1. The number of aromatic nitrogens is 1. The van der Waals surface area contributed by atoms with Gasteiger partial charge in [0.1, 0.15) is 5.76 Å². The van der Waals surface area contributed by atoms with Crippen molar-refractivity contribution in [2.75, 3.05) is 6.54 Å². The fourth-order valence-electron chi connectivity index (χ4n) is 1.12. The molecule has 1 rings (SSSR count). The Morgan fingerprint density at radius 3 is 2.69 bits per heavy atom. The van der Waals surface area contributed by atoms with Crippen LogP contribution in [0.5, 0.6) is 0 Å². The Morgan fingerprint density at radius 2 is 2.19 bits per heavy atom. The second-order valence-electron chi connectivity index (χ2n) is 4.73. The third-order valence-electron chi connectivity index (χ3n) is 2.82. The molecule has 0 aromatic carbocycles. The molecule has 0 saturated heterocycles. The van der Waals surface area contributed by atoms with Crippen LogP contribution in [0.2, 0.25) is 0 Å². The predicted molar refractivity (Wildman–Crippen MR) is 62.3 cm³/mol. The van der Waals surface area contributed by atoms with Crippen LogP contribution in [0.1, 0.15) is 50.4 Å². The van der Waals surface area contributed by atoms with Crippen molar-refractivity contribution in [3.63, 3.8) is 0 Å². The highest BCUT2D eigenvalue weighted by Gasteiger charge is 2.18. The Labute approximate surface area is 96.4 Å². The van der Waals surface area contributed by atoms with E-state index in [0.717, 1.165) is 18.6 Å². The molecule has 1 N–H and O–H groups in total. The van der Waals surface area contributed by atoms with E-state index in [1.54, 1.807) is 6.07 Å². The molecule has 1 aromatic heterocycles. The lowest BCUT2D eigenvalue weighted by atomic mass is 9.90. The molecule has 0 aliphatic heterocycles. The van der Waals surface area contributed by atoms with E-state index in [9.17, 15) is 4.79 Å². The summed E-state index contributed by atoms with van der Waals surface area (Å²) in [5.74, 6) is 0.574. The van der Waals surface area contributed by atoms with Gasteiger partial charge in [-0.3, -0.25) is 4.79 Å². The number of carbonyl (C=O) groups excluding carboxylic acids is 1. The molecule has 0 aliphatic carbocycles. The van der Waals surface area contributed by atoms with E-state index in [1.807, 2.05) is 6.92 Å². The first kappa shape index (κ1) is 12.7. The molecule has 0 aliphatic rings. The lowest BCUT2D eigenvalue weighted by Crippen LogP contribution is -2.33. The number of aryl methyl sites for hydroxylation is 1. The maximum Gasteiger partial charge on any atom is 0.273 e. The van der Waals surface area contributed by atoms with Crippen molar-refractivity contribution in [3.8, 4) is 0 Å². The van der Waals surface area contributed by atoms with Crippen molar-refractivity contribution in [1.29, 1.82) is 0 Å². The predicted octanol–water partition coefficient (Wildman–Crippen LogP) is 2.40. The summed E-state index contributed by atoms with van der Waals surface area (Å²) in [6.45, 7) is 8.96. The van der Waals surface area contributed by atoms with Gasteiger partial charge in [-0.05, 0) is 11.8 Å². The van der Waals surface area contributed by atoms with Crippen molar-refractivity contribution in [2.24, 2.45) is 5.41 Å². The molecule has 16 heavy (non-hydrogen) atoms. The maximum absolute atomic E-state index is 11.7. The van der Waals surface area contributed by atoms with Gasteiger partial charge >= 0.3 is 0 Å². The summed E-state index contributed by atoms with van der Waals surface area (Å²) in [4.78, 5) is 11.7. The molecule has 0 bridgehead atoms. The van der Waals surface area contributed by atoms with E-state index < -0.39 is 0 Å². The van der Waals surface area contributed by atoms with Crippen LogP contribution in [0.3, 0.4) is 0 Å². The fourth-order valence-corrected chi connectivity index (χ4v) is 1.12. The summed E-state index contributed by atoms with van der Waals surface area (Å²) in [7, 11) is 0. The average Bonchev–Trinajstić information content (AvgIpc) is 2.74. The smallest absolute Gasteiger partial charge is 0.273 e. The average molecular weight is 224 g/mol. The van der Waals surface area contributed by atoms with Gasteiger partial charge < -0.3 is 9.84 Å². The second kappa shape index (κ2) is 5.14. The normalized spacial score (nSPS) is 11.5. The van der Waals surface area contributed by atoms with Crippen LogP contribution in [-0.4, -0.2) is 17.6 Å². The van der Waals surface area contributed by atoms with Gasteiger partial charge in [0.05, 0.1) is 0 Å². The molecular formula is C12H20N2O2. The molecule has 0 radical (unpaired) electrons. The van der Waals surface area contributed by atoms with Gasteiger partial charge in [-0.2, -0.15) is 0 Å². The van der Waals surface area contributed by atoms with Gasteiger partial charge in [-0.1, -0.05) is 32.9 Å². The first-order valence-electron chi connectivity index (χ1n) is 5.72. The standard InChI is InChI=1S/C12H20N2O2/c1-5-9-7-10(14-16-9)11(15)13-8-12(3,4)6-2/h7H,5-6,8H2,1-4H3,(H,13,15). The first-order chi connectivity index (χ1) is 7.48. The van der Waals surface area contributed by atoms with Gasteiger partial charge in [0.15, 0.2) is 5.69 Å². The zero-order valence-corrected chi connectivity index (χ0v) is 10.5. The zero-order valence-electron chi connectivity index (χ0n) is 10.5. The largest absolute Gasteiger partial charge is 0.361 e. The van der Waals surface area contributed by atoms with Crippen LogP contribution in [0.25, 0.3) is 0 Å². The fraction of sp³-hybridized carbons (Fsp3) is 0.667. The van der Waals surface area contributed by atoms with E-state index in [1.165, 1.54) is 0 Å². The number of nitrogens with one attached hydrogen (secondary N) is 1. The lowest BCUT2D eigenvalue weighted by molar-refractivity contribution is 0.0926. The van der Waals surface area contributed by atoms with Crippen LogP contribution in [0.4, 0.5) is 0 Å². The Hall–Kier alpha value is -1.32. The molecule has 0 fully saturated rings. The molecule has 4 nitrogen and oxygen atoms in total. The molecule has 1 aromatic rings. The highest BCUT2D eigenvalue weighted by atomic mass is 16.5. The maximum atomic E-state index is 11.7. The SMILES string of the molecule is CCc1cc(C(=O)NCC(C)(C)CC)no1. The molecule has 1 heterocycles. The van der Waals surface area contributed by atoms with Crippen LogP contribution in [0, 0.1) is 5.41 Å². The molecule has 4 heteroatoms. The van der Waals surface area contributed by atoms with Crippen molar-refractivity contribution in [1.82, 2.24) is 10.5 Å². The minimum absolute atomic E-state index is 0.118. The highest BCUT2D eigenvalue weighted by molar-refractivity contribution is 5.92. The molecule has 0 saturated carbocycles. The Bertz CT molecular complexity index is 356. The van der Waals surface area contributed by atoms with E-state index in [0.29, 0.717) is 12.2 Å². The van der Waals surface area contributed by atoms with E-state index in [2.05, 4.69) is 31.2 Å². The van der Waals surface area contributed by atoms with Gasteiger partial charge in [0.25, 0.3) is 5.91 Å². The van der Waals surface area contributed by atoms with Crippen molar-refractivity contribution in [2.45, 2.75) is 40.5 Å². The monoisotopic (exact) mass is 224 g/mol. The van der Waals surface area contributed by atoms with Crippen LogP contribution in [-0.2, 0) is 6.42 Å². The zero-order chi connectivity index (χ0) is 12.2. The quantitative estimate of drug-likeness (QED) is 0.835. The number of carbonyl (C=O) groups is 1. The number of hydrogen-bond acceptors (Lipinski definition) is 3. The number of hydrogen-bond donors (Lipinski definition) is 1. The Kier molecular flexibility index (Phi) is 4.10. The molecule has 0 atom stereocenters. The summed E-state index contributed by atoms with van der Waals surface area (Å²) >= 11 is 0. The van der Waals surface area contributed by atoms with Gasteiger partial charge in [-0.15, -0.1) is 0 Å². The van der Waals surface area contributed by atoms with Gasteiger partial charge in [-0.25, -0.2) is 0 Å². The van der Waals surface area contributed by atoms with Crippen LogP contribution >= 0.6 is 0 Å². The van der Waals surface area contributed by atoms with E-state index in [4.69, 9.17) is 4.52 Å². The molecule has 90 valence electrons. The number of rotatable bonds is 5. The minimum Gasteiger partial charge on any atom is -0.361 e. The Morgan fingerprint density at radius 1 is 1.50 bits per heavy atom. The van der Waals surface area contributed by atoms with E-state index >= 15 is 0 Å². The molecule has 0 unspecified atom stereocenters. The van der Waals surface area contributed by atoms with E-state index in [-0.39, 0.29) is 11.3 Å². The van der Waals surface area contributed by atoms with Crippen molar-refractivity contribution in [3.05, 3.63) is 17.5 Å². The van der Waals surface area contributed by atoms with Crippen LogP contribution in [0.15, 0.2) is 10.6 Å². The lowest BCUT2D eigenvalue weighted by Gasteiger charge is -2.22. The highest BCUT2D eigenvalue weighted by Crippen LogP contribution is 2.17. The van der Waals surface area contributed by atoms with Gasteiger partial charge in [0.2, 0.25) is 0 Å². The molecule has 0 spiro atoms. The van der Waals surface area contributed by atoms with Crippen molar-refractivity contribution < 1.29 is 9.32 Å². The van der Waals surface area contributed by atoms with Gasteiger partial charge in [0, 0.05) is 19.0 Å². The topological polar surface area (TPSA) is 55.1 Å². The summed E-state index contributed by atoms with van der Waals surface area (Å²) in [6, 6.07) is 1.69. The molecular weight excluding hydrogens is 204 g/mol. The summed E-state index contributed by atoms with van der Waals surface area (Å²) in [5, 5.41) is 6.59. The summed E-state index contributed by atoms with van der Waals surface area (Å²) in [6.07, 6.45) is 1.77. The first-order valence-corrected chi connectivity index (χ1v) is 5.72. The van der Waals surface area contributed by atoms with Crippen molar-refractivity contribution >= 4 is 5.91 Å². The Balaban J connectivity index is 2.53. The summed E-state index contributed by atoms with van der Waals surface area (Å²) < 4.78 is 4.98. The third kappa shape index (κ3) is 3.36. The number of nitrogens with zero attached hydrogens (tertiary/aromatic N) is 1. The third-order valence-corrected chi connectivity index (χ3v) is 2.82.